The largest absolute Gasteiger partial charge is 0.454 e. The minimum absolute atomic E-state index is 0.260. The highest BCUT2D eigenvalue weighted by Crippen LogP contribution is 2.32. The first-order valence-corrected chi connectivity index (χ1v) is 6.72. The molecule has 1 aromatic carbocycles. The Bertz CT molecular complexity index is 528. The fourth-order valence-corrected chi connectivity index (χ4v) is 2.53. The lowest BCUT2D eigenvalue weighted by Crippen LogP contribution is -2.17. The molecule has 5 heteroatoms. The molecule has 0 spiro atoms. The Labute approximate surface area is 110 Å². The summed E-state index contributed by atoms with van der Waals surface area (Å²) in [6, 6.07) is 6.28. The monoisotopic (exact) mass is 262 g/mol. The molecule has 0 radical (unpaired) electrons. The third kappa shape index (κ3) is 2.32. The molecule has 0 amide bonds. The number of nitrogens with zero attached hydrogens (tertiary/aromatic N) is 1. The Kier molecular flexibility index (Phi) is 3.17. The van der Waals surface area contributed by atoms with Crippen LogP contribution in [0.1, 0.15) is 23.5 Å². The zero-order valence-electron chi connectivity index (χ0n) is 10.1. The van der Waals surface area contributed by atoms with E-state index in [0.717, 1.165) is 23.1 Å². The minimum atomic E-state index is 0.260. The Balaban J connectivity index is 1.63. The molecule has 1 atom stereocenters. The lowest BCUT2D eigenvalue weighted by molar-refractivity contribution is 0.174. The molecule has 1 N–H and O–H groups in total. The van der Waals surface area contributed by atoms with Crippen molar-refractivity contribution in [1.82, 2.24) is 10.3 Å². The average Bonchev–Trinajstić information content (AvgIpc) is 3.05. The summed E-state index contributed by atoms with van der Waals surface area (Å²) in [6.45, 7) is 3.23. The predicted octanol–water partition coefficient (Wildman–Crippen LogP) is 2.72. The summed E-state index contributed by atoms with van der Waals surface area (Å²) >= 11 is 1.67. The third-order valence-corrected chi connectivity index (χ3v) is 3.83. The molecule has 1 aliphatic rings. The molecule has 1 aliphatic heterocycles. The SMILES string of the molecule is C[C@H](NCc1ccc2c(c1)OCO2)c1nccs1. The number of ether oxygens (including phenoxy) is 2. The smallest absolute Gasteiger partial charge is 0.231 e. The van der Waals surface area contributed by atoms with Crippen LogP contribution in [0, 0.1) is 0 Å². The second-order valence-electron chi connectivity index (χ2n) is 4.16. The van der Waals surface area contributed by atoms with Crippen molar-refractivity contribution < 1.29 is 9.47 Å². The molecule has 0 saturated heterocycles. The van der Waals surface area contributed by atoms with Crippen molar-refractivity contribution in [2.75, 3.05) is 6.79 Å². The molecule has 1 aromatic heterocycles. The summed E-state index contributed by atoms with van der Waals surface area (Å²) in [4.78, 5) is 4.30. The van der Waals surface area contributed by atoms with Crippen LogP contribution in [0.15, 0.2) is 29.8 Å². The van der Waals surface area contributed by atoms with Crippen LogP contribution in [0.5, 0.6) is 11.5 Å². The average molecular weight is 262 g/mol. The van der Waals surface area contributed by atoms with Crippen LogP contribution in [0.25, 0.3) is 0 Å². The minimum Gasteiger partial charge on any atom is -0.454 e. The third-order valence-electron chi connectivity index (χ3n) is 2.87. The van der Waals surface area contributed by atoms with Crippen LogP contribution < -0.4 is 14.8 Å². The van der Waals surface area contributed by atoms with Crippen molar-refractivity contribution in [3.05, 3.63) is 40.3 Å². The number of hydrogen-bond donors (Lipinski definition) is 1. The van der Waals surface area contributed by atoms with Gasteiger partial charge in [-0.3, -0.25) is 0 Å². The molecule has 0 aliphatic carbocycles. The maximum absolute atomic E-state index is 5.36. The summed E-state index contributed by atoms with van der Waals surface area (Å²) in [7, 11) is 0. The van der Waals surface area contributed by atoms with Gasteiger partial charge in [-0.25, -0.2) is 4.98 Å². The highest BCUT2D eigenvalue weighted by atomic mass is 32.1. The van der Waals surface area contributed by atoms with Crippen LogP contribution in [0.3, 0.4) is 0 Å². The number of thiazole rings is 1. The van der Waals surface area contributed by atoms with Crippen LogP contribution >= 0.6 is 11.3 Å². The predicted molar refractivity (Wildman–Crippen MR) is 69.9 cm³/mol. The fourth-order valence-electron chi connectivity index (χ4n) is 1.86. The molecule has 18 heavy (non-hydrogen) atoms. The van der Waals surface area contributed by atoms with E-state index in [1.165, 1.54) is 5.56 Å². The van der Waals surface area contributed by atoms with E-state index in [1.54, 1.807) is 11.3 Å². The van der Waals surface area contributed by atoms with Crippen molar-refractivity contribution in [3.63, 3.8) is 0 Å². The van der Waals surface area contributed by atoms with Gasteiger partial charge >= 0.3 is 0 Å². The highest BCUT2D eigenvalue weighted by molar-refractivity contribution is 7.09. The van der Waals surface area contributed by atoms with Crippen LogP contribution in [-0.2, 0) is 6.54 Å². The van der Waals surface area contributed by atoms with Gasteiger partial charge in [-0.15, -0.1) is 11.3 Å². The van der Waals surface area contributed by atoms with Crippen LogP contribution in [-0.4, -0.2) is 11.8 Å². The van der Waals surface area contributed by atoms with E-state index in [4.69, 9.17) is 9.47 Å². The van der Waals surface area contributed by atoms with Gasteiger partial charge in [0.1, 0.15) is 5.01 Å². The van der Waals surface area contributed by atoms with E-state index in [2.05, 4.69) is 23.3 Å². The van der Waals surface area contributed by atoms with Crippen molar-refractivity contribution in [3.8, 4) is 11.5 Å². The van der Waals surface area contributed by atoms with Crippen LogP contribution in [0.4, 0.5) is 0 Å². The lowest BCUT2D eigenvalue weighted by Gasteiger charge is -2.11. The molecular formula is C13H14N2O2S. The van der Waals surface area contributed by atoms with Gasteiger partial charge < -0.3 is 14.8 Å². The van der Waals surface area contributed by atoms with E-state index >= 15 is 0 Å². The van der Waals surface area contributed by atoms with Crippen molar-refractivity contribution in [2.45, 2.75) is 19.5 Å². The molecule has 0 fully saturated rings. The van der Waals surface area contributed by atoms with Gasteiger partial charge in [0.15, 0.2) is 11.5 Å². The Morgan fingerprint density at radius 3 is 3.11 bits per heavy atom. The lowest BCUT2D eigenvalue weighted by atomic mass is 10.2. The van der Waals surface area contributed by atoms with E-state index in [-0.39, 0.29) is 6.04 Å². The highest BCUT2D eigenvalue weighted by Gasteiger charge is 2.13. The zero-order chi connectivity index (χ0) is 12.4. The van der Waals surface area contributed by atoms with Gasteiger partial charge in [-0.1, -0.05) is 6.07 Å². The quantitative estimate of drug-likeness (QED) is 0.920. The van der Waals surface area contributed by atoms with Gasteiger partial charge in [0.25, 0.3) is 0 Å². The number of nitrogens with one attached hydrogen (secondary N) is 1. The summed E-state index contributed by atoms with van der Waals surface area (Å²) in [5, 5.41) is 6.55. The molecule has 0 saturated carbocycles. The van der Waals surface area contributed by atoms with Gasteiger partial charge in [0.05, 0.1) is 6.04 Å². The Morgan fingerprint density at radius 2 is 2.28 bits per heavy atom. The number of fused-ring (bicyclic) bond motifs is 1. The molecule has 0 bridgehead atoms. The van der Waals surface area contributed by atoms with Crippen molar-refractivity contribution in [2.24, 2.45) is 0 Å². The molecule has 94 valence electrons. The second kappa shape index (κ2) is 4.96. The van der Waals surface area contributed by atoms with Crippen molar-refractivity contribution in [1.29, 1.82) is 0 Å². The number of benzene rings is 1. The fraction of sp³-hybridized carbons (Fsp3) is 0.308. The summed E-state index contributed by atoms with van der Waals surface area (Å²) < 4.78 is 10.6. The zero-order valence-corrected chi connectivity index (χ0v) is 10.9. The van der Waals surface area contributed by atoms with E-state index in [1.807, 2.05) is 23.7 Å². The summed E-state index contributed by atoms with van der Waals surface area (Å²) in [5.41, 5.74) is 1.18. The number of hydrogen-bond acceptors (Lipinski definition) is 5. The van der Waals surface area contributed by atoms with Gasteiger partial charge in [0, 0.05) is 18.1 Å². The van der Waals surface area contributed by atoms with Gasteiger partial charge in [-0.2, -0.15) is 0 Å². The van der Waals surface area contributed by atoms with E-state index in [0.29, 0.717) is 6.79 Å². The maximum atomic E-state index is 5.36. The molecule has 4 nitrogen and oxygen atoms in total. The topological polar surface area (TPSA) is 43.4 Å². The number of rotatable bonds is 4. The van der Waals surface area contributed by atoms with E-state index < -0.39 is 0 Å². The molecular weight excluding hydrogens is 248 g/mol. The first kappa shape index (κ1) is 11.5. The van der Waals surface area contributed by atoms with Crippen LogP contribution in [0.2, 0.25) is 0 Å². The molecule has 0 unspecified atom stereocenters. The van der Waals surface area contributed by atoms with E-state index in [9.17, 15) is 0 Å². The molecule has 3 rings (SSSR count). The molecule has 2 aromatic rings. The first-order chi connectivity index (χ1) is 8.83. The number of aromatic nitrogens is 1. The Hall–Kier alpha value is -1.59. The first-order valence-electron chi connectivity index (χ1n) is 5.84. The Morgan fingerprint density at radius 1 is 1.39 bits per heavy atom. The summed E-state index contributed by atoms with van der Waals surface area (Å²) in [6.07, 6.45) is 1.83. The van der Waals surface area contributed by atoms with Gasteiger partial charge in [-0.05, 0) is 24.6 Å². The van der Waals surface area contributed by atoms with Crippen molar-refractivity contribution >= 4 is 11.3 Å². The standard InChI is InChI=1S/C13H14N2O2S/c1-9(13-14-4-5-18-13)15-7-10-2-3-11-12(6-10)17-8-16-11/h2-6,9,15H,7-8H2,1H3/t9-/m0/s1. The molecule has 2 heterocycles. The maximum Gasteiger partial charge on any atom is 0.231 e. The second-order valence-corrected chi connectivity index (χ2v) is 5.09. The van der Waals surface area contributed by atoms with Gasteiger partial charge in [0.2, 0.25) is 6.79 Å². The normalized spacial score (nSPS) is 14.7. The summed E-state index contributed by atoms with van der Waals surface area (Å²) in [5.74, 6) is 1.66.